The lowest BCUT2D eigenvalue weighted by atomic mass is 9.80. The van der Waals surface area contributed by atoms with E-state index < -0.39 is 5.41 Å². The molecule has 0 radical (unpaired) electrons. The third kappa shape index (κ3) is 2.20. The van der Waals surface area contributed by atoms with Crippen LogP contribution in [0.3, 0.4) is 0 Å². The molecule has 0 saturated heterocycles. The molecule has 0 saturated carbocycles. The van der Waals surface area contributed by atoms with Crippen LogP contribution in [0.5, 0.6) is 11.5 Å². The molecule has 2 rings (SSSR count). The normalized spacial score (nSPS) is 17.1. The van der Waals surface area contributed by atoms with Gasteiger partial charge in [-0.05, 0) is 24.6 Å². The van der Waals surface area contributed by atoms with Gasteiger partial charge in [0.15, 0.2) is 17.3 Å². The fourth-order valence-corrected chi connectivity index (χ4v) is 1.93. The van der Waals surface area contributed by atoms with Crippen molar-refractivity contribution >= 4 is 5.78 Å². The van der Waals surface area contributed by atoms with Crippen LogP contribution < -0.4 is 15.2 Å². The molecular formula is C14H19NO3. The van der Waals surface area contributed by atoms with E-state index in [0.717, 1.165) is 6.42 Å². The molecule has 1 aromatic rings. The number of fused-ring (bicyclic) bond motifs is 1. The maximum absolute atomic E-state index is 12.4. The molecule has 1 unspecified atom stereocenters. The van der Waals surface area contributed by atoms with Crippen LogP contribution in [0.1, 0.15) is 30.6 Å². The van der Waals surface area contributed by atoms with Crippen LogP contribution in [0.2, 0.25) is 0 Å². The zero-order chi connectivity index (χ0) is 13.2. The molecule has 0 bridgehead atoms. The van der Waals surface area contributed by atoms with Gasteiger partial charge in [0.05, 0.1) is 0 Å². The second kappa shape index (κ2) is 4.98. The first-order valence-electron chi connectivity index (χ1n) is 6.25. The number of carbonyl (C=O) groups excluding carboxylic acids is 1. The van der Waals surface area contributed by atoms with E-state index in [0.29, 0.717) is 36.8 Å². The molecule has 1 aromatic carbocycles. The molecule has 0 aliphatic carbocycles. The standard InChI is InChI=1S/C14H19NO3/c1-3-14(2,9-15)13(16)10-4-5-11-12(8-10)18-7-6-17-11/h4-5,8H,3,6-7,9,15H2,1-2H3. The van der Waals surface area contributed by atoms with Gasteiger partial charge < -0.3 is 15.2 Å². The second-order valence-electron chi connectivity index (χ2n) is 4.81. The molecule has 4 heteroatoms. The van der Waals surface area contributed by atoms with Crippen LogP contribution in [0.25, 0.3) is 0 Å². The Morgan fingerprint density at radius 3 is 2.61 bits per heavy atom. The molecular weight excluding hydrogens is 230 g/mol. The van der Waals surface area contributed by atoms with Crippen LogP contribution in [-0.2, 0) is 0 Å². The van der Waals surface area contributed by atoms with Crippen LogP contribution in [-0.4, -0.2) is 25.5 Å². The highest BCUT2D eigenvalue weighted by Gasteiger charge is 2.31. The summed E-state index contributed by atoms with van der Waals surface area (Å²) in [6, 6.07) is 5.31. The summed E-state index contributed by atoms with van der Waals surface area (Å²) in [5.74, 6) is 1.40. The molecule has 1 aliphatic heterocycles. The zero-order valence-electron chi connectivity index (χ0n) is 10.9. The summed E-state index contributed by atoms with van der Waals surface area (Å²) >= 11 is 0. The van der Waals surface area contributed by atoms with E-state index >= 15 is 0 Å². The lowest BCUT2D eigenvalue weighted by molar-refractivity contribution is 0.0819. The molecule has 0 fully saturated rings. The van der Waals surface area contributed by atoms with Gasteiger partial charge in [0.2, 0.25) is 0 Å². The first-order valence-corrected chi connectivity index (χ1v) is 6.25. The second-order valence-corrected chi connectivity index (χ2v) is 4.81. The highest BCUT2D eigenvalue weighted by Crippen LogP contribution is 2.33. The number of ether oxygens (including phenoxy) is 2. The van der Waals surface area contributed by atoms with Gasteiger partial charge in [0, 0.05) is 17.5 Å². The van der Waals surface area contributed by atoms with E-state index in [9.17, 15) is 4.79 Å². The highest BCUT2D eigenvalue weighted by molar-refractivity contribution is 6.01. The number of nitrogens with two attached hydrogens (primary N) is 1. The van der Waals surface area contributed by atoms with Crippen LogP contribution in [0.4, 0.5) is 0 Å². The van der Waals surface area contributed by atoms with E-state index in [2.05, 4.69) is 0 Å². The van der Waals surface area contributed by atoms with Gasteiger partial charge in [-0.15, -0.1) is 0 Å². The van der Waals surface area contributed by atoms with E-state index in [1.807, 2.05) is 13.8 Å². The van der Waals surface area contributed by atoms with Gasteiger partial charge in [-0.25, -0.2) is 0 Å². The maximum atomic E-state index is 12.4. The van der Waals surface area contributed by atoms with Crippen molar-refractivity contribution in [3.8, 4) is 11.5 Å². The first kappa shape index (κ1) is 12.9. The summed E-state index contributed by atoms with van der Waals surface area (Å²) in [6.07, 6.45) is 0.719. The Hall–Kier alpha value is -1.55. The molecule has 0 amide bonds. The minimum atomic E-state index is -0.510. The topological polar surface area (TPSA) is 61.6 Å². The molecule has 2 N–H and O–H groups in total. The Morgan fingerprint density at radius 2 is 2.00 bits per heavy atom. The van der Waals surface area contributed by atoms with Crippen molar-refractivity contribution in [2.24, 2.45) is 11.1 Å². The summed E-state index contributed by atoms with van der Waals surface area (Å²) in [5, 5.41) is 0. The SMILES string of the molecule is CCC(C)(CN)C(=O)c1ccc2c(c1)OCCO2. The molecule has 0 spiro atoms. The third-order valence-electron chi connectivity index (χ3n) is 3.58. The molecule has 4 nitrogen and oxygen atoms in total. The van der Waals surface area contributed by atoms with E-state index in [1.165, 1.54) is 0 Å². The number of benzene rings is 1. The Morgan fingerprint density at radius 1 is 1.33 bits per heavy atom. The summed E-state index contributed by atoms with van der Waals surface area (Å²) in [6.45, 7) is 5.29. The van der Waals surface area contributed by atoms with Crippen molar-refractivity contribution < 1.29 is 14.3 Å². The first-order chi connectivity index (χ1) is 8.60. The largest absolute Gasteiger partial charge is 0.486 e. The predicted octanol–water partition coefficient (Wildman–Crippen LogP) is 2.02. The molecule has 98 valence electrons. The number of ketones is 1. The lowest BCUT2D eigenvalue weighted by Gasteiger charge is -2.25. The zero-order valence-corrected chi connectivity index (χ0v) is 10.9. The fraction of sp³-hybridized carbons (Fsp3) is 0.500. The highest BCUT2D eigenvalue weighted by atomic mass is 16.6. The van der Waals surface area contributed by atoms with Crippen molar-refractivity contribution in [3.05, 3.63) is 23.8 Å². The van der Waals surface area contributed by atoms with Crippen LogP contribution in [0, 0.1) is 5.41 Å². The predicted molar refractivity (Wildman–Crippen MR) is 69.2 cm³/mol. The van der Waals surface area contributed by atoms with Gasteiger partial charge in [-0.3, -0.25) is 4.79 Å². The summed E-state index contributed by atoms with van der Waals surface area (Å²) in [4.78, 5) is 12.4. The Labute approximate surface area is 107 Å². The number of hydrogen-bond acceptors (Lipinski definition) is 4. The van der Waals surface area contributed by atoms with E-state index in [-0.39, 0.29) is 5.78 Å². The Kier molecular flexibility index (Phi) is 3.57. The van der Waals surface area contributed by atoms with Crippen molar-refractivity contribution in [2.75, 3.05) is 19.8 Å². The number of hydrogen-bond donors (Lipinski definition) is 1. The van der Waals surface area contributed by atoms with Crippen molar-refractivity contribution in [3.63, 3.8) is 0 Å². The van der Waals surface area contributed by atoms with Gasteiger partial charge in [-0.2, -0.15) is 0 Å². The maximum Gasteiger partial charge on any atom is 0.170 e. The minimum Gasteiger partial charge on any atom is -0.486 e. The molecule has 18 heavy (non-hydrogen) atoms. The fourth-order valence-electron chi connectivity index (χ4n) is 1.93. The van der Waals surface area contributed by atoms with Crippen molar-refractivity contribution in [2.45, 2.75) is 20.3 Å². The number of Topliss-reactive ketones (excluding diaryl/α,β-unsaturated/α-hetero) is 1. The van der Waals surface area contributed by atoms with E-state index in [1.54, 1.807) is 18.2 Å². The third-order valence-corrected chi connectivity index (χ3v) is 3.58. The Bertz CT molecular complexity index is 452. The van der Waals surface area contributed by atoms with Gasteiger partial charge in [0.25, 0.3) is 0 Å². The van der Waals surface area contributed by atoms with Crippen LogP contribution in [0.15, 0.2) is 18.2 Å². The van der Waals surface area contributed by atoms with E-state index in [4.69, 9.17) is 15.2 Å². The van der Waals surface area contributed by atoms with Gasteiger partial charge >= 0.3 is 0 Å². The number of carbonyl (C=O) groups is 1. The summed E-state index contributed by atoms with van der Waals surface area (Å²) < 4.78 is 10.9. The lowest BCUT2D eigenvalue weighted by Crippen LogP contribution is -2.35. The molecule has 0 aromatic heterocycles. The minimum absolute atomic E-state index is 0.0597. The average molecular weight is 249 g/mol. The monoisotopic (exact) mass is 249 g/mol. The van der Waals surface area contributed by atoms with Crippen molar-refractivity contribution in [1.29, 1.82) is 0 Å². The molecule has 1 aliphatic rings. The summed E-state index contributed by atoms with van der Waals surface area (Å²) in [5.41, 5.74) is 5.84. The molecule has 1 heterocycles. The molecule has 1 atom stereocenters. The van der Waals surface area contributed by atoms with Gasteiger partial charge in [0.1, 0.15) is 13.2 Å². The average Bonchev–Trinajstić information content (AvgIpc) is 2.45. The number of rotatable bonds is 4. The van der Waals surface area contributed by atoms with Gasteiger partial charge in [-0.1, -0.05) is 13.8 Å². The summed E-state index contributed by atoms with van der Waals surface area (Å²) in [7, 11) is 0. The van der Waals surface area contributed by atoms with Crippen molar-refractivity contribution in [1.82, 2.24) is 0 Å². The Balaban J connectivity index is 2.31. The van der Waals surface area contributed by atoms with Crippen LogP contribution >= 0.6 is 0 Å². The smallest absolute Gasteiger partial charge is 0.170 e. The quantitative estimate of drug-likeness (QED) is 0.829.